The van der Waals surface area contributed by atoms with Crippen LogP contribution in [0.4, 0.5) is 0 Å². The minimum Gasteiger partial charge on any atom is -0.459 e. The normalized spacial score (nSPS) is 40.5. The van der Waals surface area contributed by atoms with Gasteiger partial charge in [-0.25, -0.2) is 9.59 Å². The molecule has 2 unspecified atom stereocenters. The van der Waals surface area contributed by atoms with Crippen LogP contribution in [0.25, 0.3) is 0 Å². The molecule has 16 heteroatoms. The summed E-state index contributed by atoms with van der Waals surface area (Å²) in [4.78, 5) is 58.4. The zero-order valence-electron chi connectivity index (χ0n) is 42.1. The number of epoxide rings is 1. The molecule has 68 heavy (non-hydrogen) atoms. The molecule has 1 spiro atoms. The lowest BCUT2D eigenvalue weighted by atomic mass is 9.74. The standard InChI is InChI=1S/C52H75NO15/c1-14-38-52(28-61-52)43(55)31(4)40(54)29(2)26-50(8,59-12)44(68-49-42(37(53(10)11)25-30(3)62-49)66-47(57)35-21-17-15-18-22-35)32(5)41(33(6)46(56)64-38)65-39-27-51(9,60-13)45(34(7)63-39)67-48(58)36-23-19-16-20-24-36/h15-24,29-34,37-39,41-45,49,55H,14,25-28H2,1-13H3/t29-,30-,31+,32+,33-,34+,37+,38-,39?,41+,42-,43-,44-,45+,49?,50-,51-,52-/m1/s1. The molecule has 0 radical (unpaired) electrons. The number of methoxy groups -OCH3 is 2. The van der Waals surface area contributed by atoms with Crippen LogP contribution in [0.2, 0.25) is 0 Å². The van der Waals surface area contributed by atoms with Gasteiger partial charge in [-0.1, -0.05) is 64.1 Å². The molecule has 0 amide bonds. The van der Waals surface area contributed by atoms with E-state index in [4.69, 9.17) is 47.4 Å². The first-order valence-electron chi connectivity index (χ1n) is 24.1. The Hall–Kier alpha value is -3.84. The average molecular weight is 954 g/mol. The van der Waals surface area contributed by atoms with Crippen molar-refractivity contribution in [1.82, 2.24) is 4.90 Å². The van der Waals surface area contributed by atoms with Crippen LogP contribution in [0.15, 0.2) is 60.7 Å². The second-order valence-electron chi connectivity index (χ2n) is 20.1. The predicted octanol–water partition coefficient (Wildman–Crippen LogP) is 6.19. The number of esters is 3. The van der Waals surface area contributed by atoms with Crippen molar-refractivity contribution in [3.63, 3.8) is 0 Å². The third-order valence-corrected chi connectivity index (χ3v) is 15.0. The number of ketones is 1. The molecule has 4 heterocycles. The molecule has 2 aromatic carbocycles. The van der Waals surface area contributed by atoms with Gasteiger partial charge in [-0.05, 0) is 92.2 Å². The highest BCUT2D eigenvalue weighted by Gasteiger charge is 2.62. The van der Waals surface area contributed by atoms with Crippen LogP contribution >= 0.6 is 0 Å². The highest BCUT2D eigenvalue weighted by atomic mass is 16.7. The van der Waals surface area contributed by atoms with Crippen LogP contribution in [0, 0.1) is 23.7 Å². The van der Waals surface area contributed by atoms with Crippen molar-refractivity contribution < 1.29 is 71.7 Å². The summed E-state index contributed by atoms with van der Waals surface area (Å²) in [6, 6.07) is 17.0. The van der Waals surface area contributed by atoms with E-state index in [-0.39, 0.29) is 37.4 Å². The molecule has 18 atom stereocenters. The van der Waals surface area contributed by atoms with Crippen molar-refractivity contribution in [1.29, 1.82) is 0 Å². The summed E-state index contributed by atoms with van der Waals surface area (Å²) >= 11 is 0. The van der Waals surface area contributed by atoms with E-state index >= 15 is 0 Å². The summed E-state index contributed by atoms with van der Waals surface area (Å²) < 4.78 is 64.6. The number of aliphatic hydroxyl groups is 1. The maximum absolute atomic E-state index is 14.7. The van der Waals surface area contributed by atoms with Gasteiger partial charge in [-0.3, -0.25) is 9.59 Å². The third kappa shape index (κ3) is 11.3. The fourth-order valence-corrected chi connectivity index (χ4v) is 10.7. The number of benzene rings is 2. The SMILES string of the molecule is CC[C@H]1OC(=O)[C@H](C)[C@@H](OC2C[C@@](C)(OC)[C@@H](OC(=O)c3ccccc3)[C@H](C)O2)[C@H](C)[C@@H](OC2O[C@H](C)C[C@H](N(C)C)[C@H]2OC(=O)c2ccccc2)[C@](C)(OC)C[C@@H](C)C(=O)[C@H](C)[C@@H](O)[C@@]12CO2. The Labute approximate surface area is 401 Å². The van der Waals surface area contributed by atoms with Crippen molar-refractivity contribution in [3.8, 4) is 0 Å². The Morgan fingerprint density at radius 1 is 0.765 bits per heavy atom. The van der Waals surface area contributed by atoms with Gasteiger partial charge in [0.05, 0.1) is 65.8 Å². The fraction of sp³-hybridized carbons (Fsp3) is 0.692. The van der Waals surface area contributed by atoms with Crippen LogP contribution in [-0.2, 0) is 57.0 Å². The number of likely N-dealkylation sites (N-methyl/N-ethyl adjacent to an activating group) is 1. The number of aliphatic hydroxyl groups excluding tert-OH is 1. The summed E-state index contributed by atoms with van der Waals surface area (Å²) in [5.41, 5.74) is -2.99. The van der Waals surface area contributed by atoms with E-state index in [0.717, 1.165) is 0 Å². The predicted molar refractivity (Wildman–Crippen MR) is 248 cm³/mol. The zero-order chi connectivity index (χ0) is 49.9. The number of Topliss-reactive ketones (excluding diaryl/α,β-unsaturated/α-hetero) is 1. The molecule has 2 aromatic rings. The first-order valence-corrected chi connectivity index (χ1v) is 24.1. The number of carbonyl (C=O) groups excluding carboxylic acids is 4. The van der Waals surface area contributed by atoms with Gasteiger partial charge in [0.25, 0.3) is 0 Å². The molecular formula is C52H75NO15. The molecule has 4 aliphatic rings. The highest BCUT2D eigenvalue weighted by molar-refractivity contribution is 5.90. The third-order valence-electron chi connectivity index (χ3n) is 15.0. The van der Waals surface area contributed by atoms with E-state index in [2.05, 4.69) is 0 Å². The number of carbonyl (C=O) groups is 4. The van der Waals surface area contributed by atoms with Crippen LogP contribution in [0.1, 0.15) is 109 Å². The minimum atomic E-state index is -1.32. The summed E-state index contributed by atoms with van der Waals surface area (Å²) in [5.74, 6) is -5.37. The topological polar surface area (TPSA) is 187 Å². The van der Waals surface area contributed by atoms with E-state index in [0.29, 0.717) is 24.0 Å². The van der Waals surface area contributed by atoms with Gasteiger partial charge < -0.3 is 57.4 Å². The van der Waals surface area contributed by atoms with Gasteiger partial charge in [0.15, 0.2) is 30.4 Å². The van der Waals surface area contributed by atoms with Crippen LogP contribution in [0.5, 0.6) is 0 Å². The second-order valence-corrected chi connectivity index (χ2v) is 20.1. The molecule has 4 aliphatic heterocycles. The number of hydrogen-bond acceptors (Lipinski definition) is 16. The van der Waals surface area contributed by atoms with E-state index in [9.17, 15) is 24.3 Å². The summed E-state index contributed by atoms with van der Waals surface area (Å²) in [6.45, 7) is 16.3. The summed E-state index contributed by atoms with van der Waals surface area (Å²) in [6.07, 6.45) is -8.38. The first kappa shape index (κ1) is 53.5. The lowest BCUT2D eigenvalue weighted by Crippen LogP contribution is -2.62. The van der Waals surface area contributed by atoms with Crippen LogP contribution < -0.4 is 0 Å². The van der Waals surface area contributed by atoms with Crippen molar-refractivity contribution in [2.24, 2.45) is 23.7 Å². The van der Waals surface area contributed by atoms with E-state index in [1.165, 1.54) is 14.2 Å². The quantitative estimate of drug-likeness (QED) is 0.144. The van der Waals surface area contributed by atoms with Gasteiger partial charge in [0.1, 0.15) is 17.5 Å². The fourth-order valence-electron chi connectivity index (χ4n) is 10.7. The van der Waals surface area contributed by atoms with Crippen LogP contribution in [0.3, 0.4) is 0 Å². The smallest absolute Gasteiger partial charge is 0.338 e. The molecule has 6 rings (SSSR count). The first-order chi connectivity index (χ1) is 32.1. The lowest BCUT2D eigenvalue weighted by molar-refractivity contribution is -0.318. The molecule has 4 fully saturated rings. The molecule has 0 aromatic heterocycles. The number of ether oxygens (including phenoxy) is 10. The van der Waals surface area contributed by atoms with Crippen molar-refractivity contribution in [2.45, 2.75) is 172 Å². The Morgan fingerprint density at radius 2 is 1.32 bits per heavy atom. The Bertz CT molecular complexity index is 2020. The summed E-state index contributed by atoms with van der Waals surface area (Å²) in [7, 11) is 6.86. The average Bonchev–Trinajstić information content (AvgIpc) is 4.14. The molecular weight excluding hydrogens is 879 g/mol. The lowest BCUT2D eigenvalue weighted by Gasteiger charge is -2.50. The largest absolute Gasteiger partial charge is 0.459 e. The number of rotatable bonds is 12. The molecule has 16 nitrogen and oxygen atoms in total. The van der Waals surface area contributed by atoms with Gasteiger partial charge in [0.2, 0.25) is 0 Å². The van der Waals surface area contributed by atoms with Crippen molar-refractivity contribution >= 4 is 23.7 Å². The number of nitrogens with zero attached hydrogens (tertiary/aromatic N) is 1. The zero-order valence-corrected chi connectivity index (χ0v) is 42.1. The van der Waals surface area contributed by atoms with E-state index < -0.39 is 114 Å². The second kappa shape index (κ2) is 22.1. The Morgan fingerprint density at radius 3 is 1.85 bits per heavy atom. The molecule has 0 bridgehead atoms. The highest BCUT2D eigenvalue weighted by Crippen LogP contribution is 2.45. The number of hydrogen-bond donors (Lipinski definition) is 1. The van der Waals surface area contributed by atoms with Crippen LogP contribution in [-0.4, -0.2) is 153 Å². The van der Waals surface area contributed by atoms with E-state index in [1.807, 2.05) is 65.7 Å². The monoisotopic (exact) mass is 954 g/mol. The van der Waals surface area contributed by atoms with Gasteiger partial charge in [0, 0.05) is 38.4 Å². The Balaban J connectivity index is 1.43. The summed E-state index contributed by atoms with van der Waals surface area (Å²) in [5, 5.41) is 11.9. The van der Waals surface area contributed by atoms with Gasteiger partial charge >= 0.3 is 17.9 Å². The maximum atomic E-state index is 14.7. The van der Waals surface area contributed by atoms with Gasteiger partial charge in [-0.15, -0.1) is 0 Å². The molecule has 4 saturated heterocycles. The van der Waals surface area contributed by atoms with Crippen molar-refractivity contribution in [3.05, 3.63) is 71.8 Å². The molecule has 1 N–H and O–H groups in total. The van der Waals surface area contributed by atoms with Crippen molar-refractivity contribution in [2.75, 3.05) is 34.9 Å². The molecule has 0 aliphatic carbocycles. The minimum absolute atomic E-state index is 0.0774. The Kier molecular flexibility index (Phi) is 17.4. The number of cyclic esters (lactones) is 1. The van der Waals surface area contributed by atoms with E-state index in [1.54, 1.807) is 76.2 Å². The maximum Gasteiger partial charge on any atom is 0.338 e. The van der Waals surface area contributed by atoms with Gasteiger partial charge in [-0.2, -0.15) is 0 Å². The molecule has 0 saturated carbocycles. The molecule has 378 valence electrons.